The van der Waals surface area contributed by atoms with E-state index in [1.165, 1.54) is 5.39 Å². The maximum Gasteiger partial charge on any atom is 0.119 e. The van der Waals surface area contributed by atoms with Crippen LogP contribution in [-0.4, -0.2) is 23.3 Å². The second-order valence-corrected chi connectivity index (χ2v) is 5.43. The first-order valence-electron chi connectivity index (χ1n) is 6.38. The molecule has 0 atom stereocenters. The molecular weight excluding hydrogens is 318 g/mol. The Bertz CT molecular complexity index is 719. The van der Waals surface area contributed by atoms with E-state index in [9.17, 15) is 0 Å². The van der Waals surface area contributed by atoms with Gasteiger partial charge in [0.25, 0.3) is 0 Å². The summed E-state index contributed by atoms with van der Waals surface area (Å²) in [6, 6.07) is 16.1. The maximum absolute atomic E-state index is 8.73. The molecule has 0 aliphatic rings. The van der Waals surface area contributed by atoms with Crippen LogP contribution >= 0.6 is 15.9 Å². The molecule has 0 aliphatic carbocycles. The fourth-order valence-corrected chi connectivity index (χ4v) is 2.53. The van der Waals surface area contributed by atoms with Crippen LogP contribution in [0.5, 0.6) is 5.75 Å². The topological polar surface area (TPSA) is 45.2 Å². The van der Waals surface area contributed by atoms with E-state index in [1.807, 2.05) is 30.3 Å². The maximum atomic E-state index is 8.73. The molecule has 1 heterocycles. The second-order valence-electron chi connectivity index (χ2n) is 4.51. The fraction of sp³-hybridized carbons (Fsp3) is 0.125. The molecule has 3 nitrogen and oxygen atoms in total. The van der Waals surface area contributed by atoms with E-state index < -0.39 is 0 Å². The van der Waals surface area contributed by atoms with Gasteiger partial charge < -0.3 is 14.8 Å². The molecule has 0 saturated heterocycles. The highest BCUT2D eigenvalue weighted by atomic mass is 79.9. The third-order valence-electron chi connectivity index (χ3n) is 3.11. The Morgan fingerprint density at radius 3 is 2.60 bits per heavy atom. The summed E-state index contributed by atoms with van der Waals surface area (Å²) >= 11 is 3.48. The highest BCUT2D eigenvalue weighted by molar-refractivity contribution is 9.10. The molecule has 102 valence electrons. The number of hydrogen-bond donors (Lipinski definition) is 2. The van der Waals surface area contributed by atoms with E-state index in [-0.39, 0.29) is 6.61 Å². The van der Waals surface area contributed by atoms with Crippen LogP contribution in [0.3, 0.4) is 0 Å². The van der Waals surface area contributed by atoms with Crippen LogP contribution < -0.4 is 4.74 Å². The number of rotatable bonds is 4. The van der Waals surface area contributed by atoms with Crippen molar-refractivity contribution in [3.63, 3.8) is 0 Å². The molecule has 0 aliphatic heterocycles. The molecule has 0 fully saturated rings. The molecule has 0 radical (unpaired) electrons. The molecule has 3 rings (SSSR count). The minimum atomic E-state index is 0.0264. The van der Waals surface area contributed by atoms with Gasteiger partial charge in [-0.2, -0.15) is 0 Å². The van der Waals surface area contributed by atoms with Crippen molar-refractivity contribution in [3.8, 4) is 17.0 Å². The summed E-state index contributed by atoms with van der Waals surface area (Å²) in [6.45, 7) is 0.346. The van der Waals surface area contributed by atoms with Crippen molar-refractivity contribution in [1.29, 1.82) is 0 Å². The lowest BCUT2D eigenvalue weighted by Crippen LogP contribution is -2.01. The standard InChI is InChI=1S/C16H14BrNO2/c17-13-3-6-15-12(9-13)10-16(18-15)11-1-4-14(5-2-11)20-8-7-19/h1-6,9-10,18-19H,7-8H2. The summed E-state index contributed by atoms with van der Waals surface area (Å²) in [5.74, 6) is 0.765. The Labute approximate surface area is 125 Å². The minimum Gasteiger partial charge on any atom is -0.491 e. The number of nitrogens with one attached hydrogen (secondary N) is 1. The Morgan fingerprint density at radius 2 is 1.85 bits per heavy atom. The van der Waals surface area contributed by atoms with Gasteiger partial charge in [0.15, 0.2) is 0 Å². The van der Waals surface area contributed by atoms with E-state index in [2.05, 4.69) is 39.1 Å². The average molecular weight is 332 g/mol. The molecule has 2 aromatic carbocycles. The number of hydrogen-bond acceptors (Lipinski definition) is 2. The zero-order valence-corrected chi connectivity index (χ0v) is 12.4. The summed E-state index contributed by atoms with van der Waals surface area (Å²) in [6.07, 6.45) is 0. The van der Waals surface area contributed by atoms with Gasteiger partial charge in [-0.15, -0.1) is 0 Å². The quantitative estimate of drug-likeness (QED) is 0.759. The highest BCUT2D eigenvalue weighted by Crippen LogP contribution is 2.27. The van der Waals surface area contributed by atoms with Crippen molar-refractivity contribution in [2.24, 2.45) is 0 Å². The van der Waals surface area contributed by atoms with E-state index in [1.54, 1.807) is 0 Å². The molecule has 0 saturated carbocycles. The monoisotopic (exact) mass is 331 g/mol. The number of fused-ring (bicyclic) bond motifs is 1. The number of halogens is 1. The van der Waals surface area contributed by atoms with Crippen molar-refractivity contribution in [3.05, 3.63) is 53.0 Å². The lowest BCUT2D eigenvalue weighted by Gasteiger charge is -2.04. The van der Waals surface area contributed by atoms with Crippen LogP contribution in [0.1, 0.15) is 0 Å². The van der Waals surface area contributed by atoms with Gasteiger partial charge in [-0.25, -0.2) is 0 Å². The van der Waals surface area contributed by atoms with Gasteiger partial charge >= 0.3 is 0 Å². The molecule has 1 aromatic heterocycles. The number of aromatic nitrogens is 1. The summed E-state index contributed by atoms with van der Waals surface area (Å²) in [5, 5.41) is 9.91. The zero-order chi connectivity index (χ0) is 13.9. The number of benzene rings is 2. The van der Waals surface area contributed by atoms with E-state index in [0.717, 1.165) is 27.0 Å². The zero-order valence-electron chi connectivity index (χ0n) is 10.8. The van der Waals surface area contributed by atoms with Gasteiger partial charge in [0, 0.05) is 21.1 Å². The van der Waals surface area contributed by atoms with Crippen LogP contribution in [0.15, 0.2) is 53.0 Å². The molecule has 0 amide bonds. The normalized spacial score (nSPS) is 10.9. The molecular formula is C16H14BrNO2. The predicted octanol–water partition coefficient (Wildman–Crippen LogP) is 3.97. The largest absolute Gasteiger partial charge is 0.491 e. The molecule has 0 bridgehead atoms. The van der Waals surface area contributed by atoms with Crippen molar-refractivity contribution in [2.45, 2.75) is 0 Å². The highest BCUT2D eigenvalue weighted by Gasteiger charge is 2.04. The molecule has 0 spiro atoms. The van der Waals surface area contributed by atoms with Gasteiger partial charge in [-0.3, -0.25) is 0 Å². The van der Waals surface area contributed by atoms with Gasteiger partial charge in [-0.1, -0.05) is 15.9 Å². The van der Waals surface area contributed by atoms with Gasteiger partial charge in [-0.05, 0) is 54.1 Å². The lowest BCUT2D eigenvalue weighted by molar-refractivity contribution is 0.201. The van der Waals surface area contributed by atoms with Gasteiger partial charge in [0.2, 0.25) is 0 Å². The molecule has 4 heteroatoms. The van der Waals surface area contributed by atoms with E-state index in [0.29, 0.717) is 6.61 Å². The predicted molar refractivity (Wildman–Crippen MR) is 84.0 cm³/mol. The first kappa shape index (κ1) is 13.2. The lowest BCUT2D eigenvalue weighted by atomic mass is 10.1. The van der Waals surface area contributed by atoms with Gasteiger partial charge in [0.1, 0.15) is 12.4 Å². The first-order chi connectivity index (χ1) is 9.76. The van der Waals surface area contributed by atoms with Crippen LogP contribution in [-0.2, 0) is 0 Å². The Morgan fingerprint density at radius 1 is 1.05 bits per heavy atom. The van der Waals surface area contributed by atoms with Crippen molar-refractivity contribution < 1.29 is 9.84 Å². The number of aromatic amines is 1. The molecule has 20 heavy (non-hydrogen) atoms. The van der Waals surface area contributed by atoms with Crippen LogP contribution in [0.2, 0.25) is 0 Å². The van der Waals surface area contributed by atoms with Gasteiger partial charge in [0.05, 0.1) is 6.61 Å². The van der Waals surface area contributed by atoms with Crippen LogP contribution in [0.25, 0.3) is 22.2 Å². The van der Waals surface area contributed by atoms with Crippen LogP contribution in [0.4, 0.5) is 0 Å². The van der Waals surface area contributed by atoms with Crippen molar-refractivity contribution in [1.82, 2.24) is 4.98 Å². The second kappa shape index (κ2) is 5.69. The average Bonchev–Trinajstić information content (AvgIpc) is 2.88. The summed E-state index contributed by atoms with van der Waals surface area (Å²) in [4.78, 5) is 3.40. The number of aliphatic hydroxyl groups excluding tert-OH is 1. The third kappa shape index (κ3) is 2.71. The fourth-order valence-electron chi connectivity index (χ4n) is 2.15. The Kier molecular flexibility index (Phi) is 3.76. The minimum absolute atomic E-state index is 0.0264. The van der Waals surface area contributed by atoms with E-state index >= 15 is 0 Å². The number of H-pyrrole nitrogens is 1. The molecule has 3 aromatic rings. The molecule has 0 unspecified atom stereocenters. The summed E-state index contributed by atoms with van der Waals surface area (Å²) < 4.78 is 6.43. The summed E-state index contributed by atoms with van der Waals surface area (Å²) in [7, 11) is 0. The van der Waals surface area contributed by atoms with Crippen LogP contribution in [0, 0.1) is 0 Å². The number of ether oxygens (including phenoxy) is 1. The summed E-state index contributed by atoms with van der Waals surface area (Å²) in [5.41, 5.74) is 3.30. The number of aliphatic hydroxyl groups is 1. The van der Waals surface area contributed by atoms with Crippen molar-refractivity contribution >= 4 is 26.8 Å². The smallest absolute Gasteiger partial charge is 0.119 e. The first-order valence-corrected chi connectivity index (χ1v) is 7.18. The Balaban J connectivity index is 1.90. The Hall–Kier alpha value is -1.78. The molecule has 2 N–H and O–H groups in total. The third-order valence-corrected chi connectivity index (χ3v) is 3.60. The van der Waals surface area contributed by atoms with E-state index in [4.69, 9.17) is 9.84 Å². The van der Waals surface area contributed by atoms with Crippen molar-refractivity contribution in [2.75, 3.05) is 13.2 Å². The SMILES string of the molecule is OCCOc1ccc(-c2cc3cc(Br)ccc3[nH]2)cc1.